The molecule has 0 amide bonds. The summed E-state index contributed by atoms with van der Waals surface area (Å²) >= 11 is 12.8. The maximum absolute atomic E-state index is 9.37. The predicted molar refractivity (Wildman–Crippen MR) is 171 cm³/mol. The van der Waals surface area contributed by atoms with Crippen LogP contribution in [-0.4, -0.2) is 56.5 Å². The van der Waals surface area contributed by atoms with E-state index in [1.54, 1.807) is 24.7 Å². The molecule has 0 spiro atoms. The van der Waals surface area contributed by atoms with Crippen molar-refractivity contribution in [2.45, 2.75) is 57.5 Å². The van der Waals surface area contributed by atoms with Crippen LogP contribution in [-0.2, 0) is 18.1 Å². The summed E-state index contributed by atoms with van der Waals surface area (Å²) in [7, 11) is -1.22. The van der Waals surface area contributed by atoms with Gasteiger partial charge in [0.15, 0.2) is 0 Å². The van der Waals surface area contributed by atoms with Gasteiger partial charge >= 0.3 is 0 Å². The van der Waals surface area contributed by atoms with Gasteiger partial charge in [-0.25, -0.2) is 4.98 Å². The average molecular weight is 639 g/mol. The minimum absolute atomic E-state index is 0.0867. The Labute approximate surface area is 260 Å². The Balaban J connectivity index is 1.25. The summed E-state index contributed by atoms with van der Waals surface area (Å²) in [6, 6.07) is 10.9. The maximum Gasteiger partial charge on any atom is 0.225 e. The second-order valence-electron chi connectivity index (χ2n) is 12.2. The fourth-order valence-corrected chi connectivity index (χ4v) is 6.05. The largest absolute Gasteiger partial charge is 0.488 e. The second kappa shape index (κ2) is 12.0. The van der Waals surface area contributed by atoms with Crippen LogP contribution in [0.5, 0.6) is 11.5 Å². The summed E-state index contributed by atoms with van der Waals surface area (Å²) in [5.74, 6) is 1.27. The molecule has 4 heterocycles. The van der Waals surface area contributed by atoms with Gasteiger partial charge < -0.3 is 23.9 Å². The number of halogens is 2. The van der Waals surface area contributed by atoms with Gasteiger partial charge in [0.05, 0.1) is 29.9 Å². The Morgan fingerprint density at radius 2 is 1.86 bits per heavy atom. The summed E-state index contributed by atoms with van der Waals surface area (Å²) in [5.41, 5.74) is 3.56. The monoisotopic (exact) mass is 637 g/mol. The molecule has 1 N–H and O–H groups in total. The number of aromatic nitrogens is 5. The molecule has 1 aliphatic carbocycles. The Morgan fingerprint density at radius 3 is 2.63 bits per heavy atom. The number of aliphatic hydroxyl groups is 1. The fourth-order valence-electron chi connectivity index (χ4n) is 4.82. The van der Waals surface area contributed by atoms with Gasteiger partial charge in [0, 0.05) is 38.0 Å². The first-order valence-electron chi connectivity index (χ1n) is 14.2. The molecule has 1 fully saturated rings. The van der Waals surface area contributed by atoms with Crippen molar-refractivity contribution >= 4 is 53.2 Å². The summed E-state index contributed by atoms with van der Waals surface area (Å²) in [6.07, 6.45) is 8.73. The van der Waals surface area contributed by atoms with E-state index in [2.05, 4.69) is 45.6 Å². The van der Waals surface area contributed by atoms with Crippen molar-refractivity contribution in [1.29, 1.82) is 0 Å². The maximum atomic E-state index is 9.37. The Hall–Kier alpha value is -3.28. The lowest BCUT2D eigenvalue weighted by Gasteiger charge is -2.19. The highest BCUT2D eigenvalue weighted by atomic mass is 35.5. The minimum atomic E-state index is -1.22. The van der Waals surface area contributed by atoms with E-state index in [1.807, 2.05) is 29.0 Å². The van der Waals surface area contributed by atoms with E-state index in [0.717, 1.165) is 40.9 Å². The molecule has 6 rings (SSSR count). The third-order valence-corrected chi connectivity index (χ3v) is 9.58. The zero-order valence-corrected chi connectivity index (χ0v) is 26.8. The smallest absolute Gasteiger partial charge is 0.225 e. The van der Waals surface area contributed by atoms with Crippen molar-refractivity contribution in [3.63, 3.8) is 0 Å². The van der Waals surface area contributed by atoms with E-state index < -0.39 is 13.7 Å². The van der Waals surface area contributed by atoms with Crippen molar-refractivity contribution in [1.82, 2.24) is 24.5 Å². The van der Waals surface area contributed by atoms with Crippen LogP contribution in [0.2, 0.25) is 36.1 Å². The van der Waals surface area contributed by atoms with E-state index in [0.29, 0.717) is 48.0 Å². The lowest BCUT2D eigenvalue weighted by Crippen LogP contribution is -2.27. The number of benzene rings is 1. The second-order valence-corrected chi connectivity index (χ2v) is 18.5. The fraction of sp³-hybridized carbons (Fsp3) is 0.355. The van der Waals surface area contributed by atoms with Crippen LogP contribution >= 0.6 is 23.2 Å². The van der Waals surface area contributed by atoms with E-state index in [-0.39, 0.29) is 17.0 Å². The molecule has 1 saturated carbocycles. The van der Waals surface area contributed by atoms with Crippen LogP contribution in [0.15, 0.2) is 55.1 Å². The van der Waals surface area contributed by atoms with Crippen molar-refractivity contribution in [2.75, 3.05) is 13.2 Å². The standard InChI is InChI=1S/C31H33Cl2N5O4Si/c1-43(2,3)9-8-40-19-38-16-25(27-28(32)36-30(33)37-29(27)38)21-4-5-26-22(11-21)12-24(15-35-26)42-31(6-7-31)18-41-23-10-20(17-39)13-34-14-23/h4-5,10-16,39H,6-9,17-19H2,1-3H3. The molecule has 0 unspecified atom stereocenters. The Morgan fingerprint density at radius 1 is 1.02 bits per heavy atom. The number of hydrogen-bond acceptors (Lipinski definition) is 8. The number of ether oxygens (including phenoxy) is 3. The molecule has 43 heavy (non-hydrogen) atoms. The number of rotatable bonds is 12. The van der Waals surface area contributed by atoms with Gasteiger partial charge in [0.1, 0.15) is 41.2 Å². The first-order chi connectivity index (χ1) is 20.6. The molecule has 1 aliphatic rings. The zero-order valence-electron chi connectivity index (χ0n) is 24.3. The zero-order chi connectivity index (χ0) is 30.2. The SMILES string of the molecule is C[Si](C)(C)CCOCn1cc(-c2ccc3ncc(OC4(COc5cncc(CO)c5)CC4)cc3c2)c2c(Cl)nc(Cl)nc21. The first-order valence-corrected chi connectivity index (χ1v) is 18.6. The quantitative estimate of drug-likeness (QED) is 0.0666. The van der Waals surface area contributed by atoms with Crippen LogP contribution < -0.4 is 9.47 Å². The van der Waals surface area contributed by atoms with Gasteiger partial charge in [-0.2, -0.15) is 4.98 Å². The molecule has 1 aromatic carbocycles. The molecule has 0 aliphatic heterocycles. The summed E-state index contributed by atoms with van der Waals surface area (Å²) in [6.45, 7) is 8.28. The third kappa shape index (κ3) is 6.94. The number of aliphatic hydroxyl groups excluding tert-OH is 1. The predicted octanol–water partition coefficient (Wildman–Crippen LogP) is 7.14. The molecule has 9 nitrogen and oxygen atoms in total. The summed E-state index contributed by atoms with van der Waals surface area (Å²) < 4.78 is 20.3. The van der Waals surface area contributed by atoms with Gasteiger partial charge in [0.25, 0.3) is 0 Å². The number of fused-ring (bicyclic) bond motifs is 2. The number of nitrogens with zero attached hydrogens (tertiary/aromatic N) is 5. The molecule has 12 heteroatoms. The molecule has 5 aromatic rings. The van der Waals surface area contributed by atoms with Crippen molar-refractivity contribution < 1.29 is 19.3 Å². The highest BCUT2D eigenvalue weighted by Crippen LogP contribution is 2.42. The number of pyridine rings is 2. The van der Waals surface area contributed by atoms with Crippen LogP contribution in [0.3, 0.4) is 0 Å². The van der Waals surface area contributed by atoms with Gasteiger partial charge in [-0.05, 0) is 65.9 Å². The lowest BCUT2D eigenvalue weighted by molar-refractivity contribution is 0.0899. The van der Waals surface area contributed by atoms with Gasteiger partial charge in [0.2, 0.25) is 5.28 Å². The first kappa shape index (κ1) is 29.8. The highest BCUT2D eigenvalue weighted by molar-refractivity contribution is 6.76. The normalized spacial score (nSPS) is 14.4. The van der Waals surface area contributed by atoms with Crippen LogP contribution in [0.4, 0.5) is 0 Å². The Kier molecular flexibility index (Phi) is 8.32. The minimum Gasteiger partial charge on any atom is -0.488 e. The van der Waals surface area contributed by atoms with Crippen molar-refractivity contribution in [2.24, 2.45) is 0 Å². The van der Waals surface area contributed by atoms with Crippen molar-refractivity contribution in [3.8, 4) is 22.6 Å². The van der Waals surface area contributed by atoms with Gasteiger partial charge in [-0.3, -0.25) is 9.97 Å². The molecule has 0 saturated heterocycles. The van der Waals surface area contributed by atoms with Gasteiger partial charge in [-0.15, -0.1) is 0 Å². The van der Waals surface area contributed by atoms with Crippen LogP contribution in [0, 0.1) is 0 Å². The van der Waals surface area contributed by atoms with E-state index >= 15 is 0 Å². The average Bonchev–Trinajstić information content (AvgIpc) is 3.64. The Bertz CT molecular complexity index is 1790. The molecule has 0 radical (unpaired) electrons. The van der Waals surface area contributed by atoms with Crippen molar-refractivity contribution in [3.05, 3.63) is 71.1 Å². The topological polar surface area (TPSA) is 104 Å². The molecular weight excluding hydrogens is 605 g/mol. The molecule has 0 bridgehead atoms. The number of hydrogen-bond donors (Lipinski definition) is 1. The van der Waals surface area contributed by atoms with Crippen LogP contribution in [0.1, 0.15) is 18.4 Å². The summed E-state index contributed by atoms with van der Waals surface area (Å²) in [5, 5.41) is 11.4. The molecule has 224 valence electrons. The molecule has 0 atom stereocenters. The van der Waals surface area contributed by atoms with E-state index in [1.165, 1.54) is 0 Å². The third-order valence-electron chi connectivity index (χ3n) is 7.44. The van der Waals surface area contributed by atoms with E-state index in [9.17, 15) is 5.11 Å². The molecule has 4 aromatic heterocycles. The van der Waals surface area contributed by atoms with E-state index in [4.69, 9.17) is 37.4 Å². The highest BCUT2D eigenvalue weighted by Gasteiger charge is 2.47. The lowest BCUT2D eigenvalue weighted by atomic mass is 10.0. The van der Waals surface area contributed by atoms with Gasteiger partial charge in [-0.1, -0.05) is 37.3 Å². The summed E-state index contributed by atoms with van der Waals surface area (Å²) in [4.78, 5) is 17.5. The molecular formula is C31H33Cl2N5O4Si. The van der Waals surface area contributed by atoms with Crippen LogP contribution in [0.25, 0.3) is 33.1 Å².